The summed E-state index contributed by atoms with van der Waals surface area (Å²) in [6.07, 6.45) is 7.46. The van der Waals surface area contributed by atoms with Crippen LogP contribution in [0.15, 0.2) is 24.3 Å². The van der Waals surface area contributed by atoms with Crippen molar-refractivity contribution >= 4 is 0 Å². The Morgan fingerprint density at radius 3 is 1.29 bits per heavy atom. The van der Waals surface area contributed by atoms with Gasteiger partial charge in [-0.2, -0.15) is 0 Å². The lowest BCUT2D eigenvalue weighted by atomic mass is 9.82. The van der Waals surface area contributed by atoms with Crippen LogP contribution in [0.2, 0.25) is 0 Å². The monoisotopic (exact) mass is 288 g/mol. The van der Waals surface area contributed by atoms with Crippen LogP contribution in [0.5, 0.6) is 0 Å². The van der Waals surface area contributed by atoms with Crippen LogP contribution >= 0.6 is 0 Å². The summed E-state index contributed by atoms with van der Waals surface area (Å²) < 4.78 is 0. The molecule has 0 aliphatic heterocycles. The molecule has 0 heteroatoms. The van der Waals surface area contributed by atoms with Gasteiger partial charge >= 0.3 is 0 Å². The maximum Gasteiger partial charge on any atom is -0.0219 e. The van der Waals surface area contributed by atoms with Crippen molar-refractivity contribution in [3.8, 4) is 0 Å². The highest BCUT2D eigenvalue weighted by Crippen LogP contribution is 2.29. The zero-order valence-electron chi connectivity index (χ0n) is 15.2. The van der Waals surface area contributed by atoms with Gasteiger partial charge in [0.1, 0.15) is 0 Å². The van der Waals surface area contributed by atoms with Crippen LogP contribution in [0.4, 0.5) is 0 Å². The fourth-order valence-corrected chi connectivity index (χ4v) is 3.07. The van der Waals surface area contributed by atoms with Gasteiger partial charge in [-0.1, -0.05) is 97.9 Å². The number of hydrogen-bond donors (Lipinski definition) is 0. The van der Waals surface area contributed by atoms with Crippen molar-refractivity contribution in [2.45, 2.75) is 85.5 Å². The van der Waals surface area contributed by atoms with Gasteiger partial charge < -0.3 is 0 Å². The zero-order valence-corrected chi connectivity index (χ0v) is 15.2. The third-order valence-electron chi connectivity index (χ3n) is 4.86. The molecule has 0 N–H and O–H groups in total. The van der Waals surface area contributed by atoms with E-state index in [0.29, 0.717) is 11.8 Å². The van der Waals surface area contributed by atoms with E-state index < -0.39 is 0 Å². The molecule has 1 saturated carbocycles. The van der Waals surface area contributed by atoms with Gasteiger partial charge in [0.15, 0.2) is 0 Å². The van der Waals surface area contributed by atoms with Crippen molar-refractivity contribution in [1.82, 2.24) is 0 Å². The summed E-state index contributed by atoms with van der Waals surface area (Å²) in [6.45, 7) is 13.6. The first kappa shape index (κ1) is 18.3. The highest BCUT2D eigenvalue weighted by atomic mass is 14.2. The van der Waals surface area contributed by atoms with Crippen molar-refractivity contribution in [3.63, 3.8) is 0 Å². The average Bonchev–Trinajstić information content (AvgIpc) is 2.49. The Kier molecular flexibility index (Phi) is 8.07. The minimum Gasteiger partial charge on any atom is -0.0625 e. The summed E-state index contributed by atoms with van der Waals surface area (Å²) >= 11 is 0. The molecular formula is C21H36. The van der Waals surface area contributed by atoms with Crippen LogP contribution in [0, 0.1) is 11.8 Å². The van der Waals surface area contributed by atoms with E-state index in [1.165, 1.54) is 43.2 Å². The SMILES string of the molecule is CC(C)C1CCCCC1.CC(C)c1ccc(C(C)C)cc1. The van der Waals surface area contributed by atoms with Gasteiger partial charge in [0.05, 0.1) is 0 Å². The fourth-order valence-electron chi connectivity index (χ4n) is 3.07. The third-order valence-corrected chi connectivity index (χ3v) is 4.86. The van der Waals surface area contributed by atoms with Gasteiger partial charge in [-0.3, -0.25) is 0 Å². The lowest BCUT2D eigenvalue weighted by Gasteiger charge is -2.24. The summed E-state index contributed by atoms with van der Waals surface area (Å²) in [6, 6.07) is 8.94. The summed E-state index contributed by atoms with van der Waals surface area (Å²) in [5.41, 5.74) is 2.86. The molecule has 120 valence electrons. The van der Waals surface area contributed by atoms with E-state index in [1.54, 1.807) is 0 Å². The predicted molar refractivity (Wildman–Crippen MR) is 96.0 cm³/mol. The summed E-state index contributed by atoms with van der Waals surface area (Å²) in [4.78, 5) is 0. The molecule has 2 rings (SSSR count). The highest BCUT2D eigenvalue weighted by Gasteiger charge is 2.15. The normalized spacial score (nSPS) is 16.2. The predicted octanol–water partition coefficient (Wildman–Crippen LogP) is 7.16. The molecule has 0 aromatic heterocycles. The Balaban J connectivity index is 0.000000219. The Hall–Kier alpha value is -0.780. The molecule has 0 amide bonds. The van der Waals surface area contributed by atoms with Gasteiger partial charge in [0.25, 0.3) is 0 Å². The largest absolute Gasteiger partial charge is 0.0625 e. The molecule has 1 aliphatic carbocycles. The maximum absolute atomic E-state index is 2.36. The molecule has 0 saturated heterocycles. The second-order valence-electron chi connectivity index (χ2n) is 7.62. The van der Waals surface area contributed by atoms with Crippen LogP contribution in [0.1, 0.15) is 96.6 Å². The highest BCUT2D eigenvalue weighted by molar-refractivity contribution is 5.26. The van der Waals surface area contributed by atoms with Gasteiger partial charge in [0.2, 0.25) is 0 Å². The fraction of sp³-hybridized carbons (Fsp3) is 0.714. The smallest absolute Gasteiger partial charge is 0.0219 e. The molecule has 1 aromatic rings. The first-order valence-electron chi connectivity index (χ1n) is 9.01. The van der Waals surface area contributed by atoms with Crippen molar-refractivity contribution in [1.29, 1.82) is 0 Å². The second-order valence-corrected chi connectivity index (χ2v) is 7.62. The lowest BCUT2D eigenvalue weighted by Crippen LogP contribution is -2.12. The second kappa shape index (κ2) is 9.28. The van der Waals surface area contributed by atoms with E-state index in [-0.39, 0.29) is 0 Å². The van der Waals surface area contributed by atoms with Crippen LogP contribution in [0.25, 0.3) is 0 Å². The van der Waals surface area contributed by atoms with E-state index >= 15 is 0 Å². The van der Waals surface area contributed by atoms with E-state index in [9.17, 15) is 0 Å². The van der Waals surface area contributed by atoms with Crippen LogP contribution < -0.4 is 0 Å². The minimum absolute atomic E-state index is 0.645. The lowest BCUT2D eigenvalue weighted by molar-refractivity contribution is 0.279. The number of hydrogen-bond acceptors (Lipinski definition) is 0. The summed E-state index contributed by atoms with van der Waals surface area (Å²) in [7, 11) is 0. The molecular weight excluding hydrogens is 252 g/mol. The Morgan fingerprint density at radius 2 is 1.05 bits per heavy atom. The standard InChI is InChI=1S/C12H18.C9H18/c1-9(2)11-5-7-12(8-6-11)10(3)4;1-8(2)9-6-4-3-5-7-9/h5-10H,1-4H3;8-9H,3-7H2,1-2H3. The Bertz CT molecular complexity index is 337. The molecule has 0 heterocycles. The summed E-state index contributed by atoms with van der Waals surface area (Å²) in [5.74, 6) is 3.28. The molecule has 21 heavy (non-hydrogen) atoms. The molecule has 1 aliphatic rings. The van der Waals surface area contributed by atoms with E-state index in [2.05, 4.69) is 65.8 Å². The molecule has 0 spiro atoms. The van der Waals surface area contributed by atoms with E-state index in [4.69, 9.17) is 0 Å². The van der Waals surface area contributed by atoms with E-state index in [1.807, 2.05) is 0 Å². The van der Waals surface area contributed by atoms with Crippen LogP contribution in [-0.2, 0) is 0 Å². The molecule has 0 radical (unpaired) electrons. The first-order chi connectivity index (χ1) is 9.91. The third kappa shape index (κ3) is 6.68. The first-order valence-corrected chi connectivity index (χ1v) is 9.01. The van der Waals surface area contributed by atoms with Gasteiger partial charge in [-0.25, -0.2) is 0 Å². The molecule has 1 fully saturated rings. The molecule has 1 aromatic carbocycles. The van der Waals surface area contributed by atoms with Crippen molar-refractivity contribution < 1.29 is 0 Å². The van der Waals surface area contributed by atoms with Crippen molar-refractivity contribution in [2.24, 2.45) is 11.8 Å². The molecule has 0 unspecified atom stereocenters. The topological polar surface area (TPSA) is 0 Å². The Morgan fingerprint density at radius 1 is 0.667 bits per heavy atom. The quantitative estimate of drug-likeness (QED) is 0.553. The van der Waals surface area contributed by atoms with E-state index in [0.717, 1.165) is 11.8 Å². The van der Waals surface area contributed by atoms with Gasteiger partial charge in [-0.05, 0) is 34.8 Å². The summed E-state index contributed by atoms with van der Waals surface area (Å²) in [5, 5.41) is 0. The molecule has 0 atom stereocenters. The number of rotatable bonds is 3. The average molecular weight is 289 g/mol. The maximum atomic E-state index is 2.36. The van der Waals surface area contributed by atoms with Gasteiger partial charge in [0, 0.05) is 0 Å². The van der Waals surface area contributed by atoms with Gasteiger partial charge in [-0.15, -0.1) is 0 Å². The minimum atomic E-state index is 0.645. The molecule has 0 bridgehead atoms. The molecule has 0 nitrogen and oxygen atoms in total. The van der Waals surface area contributed by atoms with Crippen LogP contribution in [0.3, 0.4) is 0 Å². The zero-order chi connectivity index (χ0) is 15.8. The Labute approximate surface area is 133 Å². The van der Waals surface area contributed by atoms with Crippen LogP contribution in [-0.4, -0.2) is 0 Å². The van der Waals surface area contributed by atoms with Crippen molar-refractivity contribution in [3.05, 3.63) is 35.4 Å². The number of benzene rings is 1. The van der Waals surface area contributed by atoms with Crippen molar-refractivity contribution in [2.75, 3.05) is 0 Å².